The summed E-state index contributed by atoms with van der Waals surface area (Å²) < 4.78 is 0. The maximum atomic E-state index is 12.1. The molecule has 2 aliphatic rings. The van der Waals surface area contributed by atoms with Crippen molar-refractivity contribution < 1.29 is 4.79 Å². The fraction of sp³-hybridized carbons (Fsp3) is 0.375. The molecular weight excluding hydrogens is 286 g/mol. The van der Waals surface area contributed by atoms with E-state index in [9.17, 15) is 10.1 Å². The van der Waals surface area contributed by atoms with Crippen LogP contribution < -0.4 is 4.90 Å². The largest absolute Gasteiger partial charge is 0.357 e. The van der Waals surface area contributed by atoms with E-state index in [4.69, 9.17) is 11.6 Å². The molecule has 0 atom stereocenters. The minimum Gasteiger partial charge on any atom is -0.357 e. The average Bonchev–Trinajstić information content (AvgIpc) is 2.85. The molecule has 108 valence electrons. The molecule has 0 unspecified atom stereocenters. The Balaban J connectivity index is 1.99. The summed E-state index contributed by atoms with van der Waals surface area (Å²) in [6.07, 6.45) is 3.41. The molecule has 1 aromatic rings. The third-order valence-electron chi connectivity index (χ3n) is 3.97. The Morgan fingerprint density at radius 3 is 2.38 bits per heavy atom. The van der Waals surface area contributed by atoms with Crippen LogP contribution in [0, 0.1) is 11.3 Å². The standard InChI is InChI=1S/C16H16ClN3O/c17-12-4-6-13(7-5-12)20-11-15(21)14(10-18)16(20)19-8-2-1-3-9-19/h4-7H,1-3,8-9,11H2. The van der Waals surface area contributed by atoms with Crippen LogP contribution >= 0.6 is 11.6 Å². The van der Waals surface area contributed by atoms with Crippen LogP contribution in [0.25, 0.3) is 0 Å². The van der Waals surface area contributed by atoms with Gasteiger partial charge in [0.15, 0.2) is 5.78 Å². The molecule has 0 aliphatic carbocycles. The molecule has 21 heavy (non-hydrogen) atoms. The van der Waals surface area contributed by atoms with E-state index in [1.165, 1.54) is 6.42 Å². The lowest BCUT2D eigenvalue weighted by Crippen LogP contribution is -2.37. The average molecular weight is 302 g/mol. The Kier molecular flexibility index (Phi) is 3.85. The molecule has 4 nitrogen and oxygen atoms in total. The Labute approximate surface area is 129 Å². The Morgan fingerprint density at radius 2 is 1.76 bits per heavy atom. The molecule has 0 spiro atoms. The topological polar surface area (TPSA) is 47.3 Å². The SMILES string of the molecule is N#CC1=C(N2CCCCC2)N(c2ccc(Cl)cc2)CC1=O. The van der Waals surface area contributed by atoms with Gasteiger partial charge in [0.05, 0.1) is 6.54 Å². The minimum atomic E-state index is -0.104. The van der Waals surface area contributed by atoms with Crippen molar-refractivity contribution in [2.75, 3.05) is 24.5 Å². The molecule has 0 N–H and O–H groups in total. The van der Waals surface area contributed by atoms with Gasteiger partial charge in [0.1, 0.15) is 17.5 Å². The van der Waals surface area contributed by atoms with Crippen LogP contribution in [0.3, 0.4) is 0 Å². The first-order valence-corrected chi connectivity index (χ1v) is 7.54. The number of hydrogen-bond donors (Lipinski definition) is 0. The number of nitrogens with zero attached hydrogens (tertiary/aromatic N) is 3. The second kappa shape index (κ2) is 5.79. The number of benzene rings is 1. The van der Waals surface area contributed by atoms with Gasteiger partial charge < -0.3 is 9.80 Å². The van der Waals surface area contributed by atoms with E-state index in [0.29, 0.717) is 5.02 Å². The van der Waals surface area contributed by atoms with Crippen LogP contribution in [0.15, 0.2) is 35.7 Å². The molecule has 5 heteroatoms. The number of halogens is 1. The number of nitriles is 1. The fourth-order valence-corrected chi connectivity index (χ4v) is 3.06. The maximum absolute atomic E-state index is 12.1. The van der Waals surface area contributed by atoms with Crippen molar-refractivity contribution >= 4 is 23.1 Å². The molecule has 2 heterocycles. The lowest BCUT2D eigenvalue weighted by molar-refractivity contribution is -0.113. The number of rotatable bonds is 2. The van der Waals surface area contributed by atoms with Crippen molar-refractivity contribution in [1.82, 2.24) is 4.90 Å². The zero-order chi connectivity index (χ0) is 14.8. The molecule has 2 aliphatic heterocycles. The van der Waals surface area contributed by atoms with Gasteiger partial charge in [-0.05, 0) is 43.5 Å². The second-order valence-corrected chi connectivity index (χ2v) is 5.78. The quantitative estimate of drug-likeness (QED) is 0.842. The second-order valence-electron chi connectivity index (χ2n) is 5.34. The predicted molar refractivity (Wildman–Crippen MR) is 81.9 cm³/mol. The van der Waals surface area contributed by atoms with Crippen molar-refractivity contribution in [3.05, 3.63) is 40.7 Å². The summed E-state index contributed by atoms with van der Waals surface area (Å²) >= 11 is 5.93. The lowest BCUT2D eigenvalue weighted by Gasteiger charge is -2.35. The summed E-state index contributed by atoms with van der Waals surface area (Å²) in [5.74, 6) is 0.664. The third-order valence-corrected chi connectivity index (χ3v) is 4.22. The van der Waals surface area contributed by atoms with E-state index >= 15 is 0 Å². The van der Waals surface area contributed by atoms with Gasteiger partial charge in [-0.15, -0.1) is 0 Å². The van der Waals surface area contributed by atoms with E-state index in [0.717, 1.165) is 37.4 Å². The summed E-state index contributed by atoms with van der Waals surface area (Å²) in [6, 6.07) is 9.48. The van der Waals surface area contributed by atoms with Crippen LogP contribution in [-0.2, 0) is 4.79 Å². The fourth-order valence-electron chi connectivity index (χ4n) is 2.94. The van der Waals surface area contributed by atoms with Gasteiger partial charge in [0.2, 0.25) is 0 Å². The number of piperidine rings is 1. The Bertz CT molecular complexity index is 624. The molecule has 0 radical (unpaired) electrons. The number of Topliss-reactive ketones (excluding diaryl/α,β-unsaturated/α-hetero) is 1. The molecule has 0 saturated carbocycles. The maximum Gasteiger partial charge on any atom is 0.196 e. The monoisotopic (exact) mass is 301 g/mol. The first-order valence-electron chi connectivity index (χ1n) is 7.16. The van der Waals surface area contributed by atoms with Crippen molar-refractivity contribution in [3.8, 4) is 6.07 Å². The predicted octanol–water partition coefficient (Wildman–Crippen LogP) is 2.95. The number of carbonyl (C=O) groups is 1. The number of likely N-dealkylation sites (tertiary alicyclic amines) is 1. The molecule has 3 rings (SSSR count). The van der Waals surface area contributed by atoms with E-state index in [-0.39, 0.29) is 17.9 Å². The lowest BCUT2D eigenvalue weighted by atomic mass is 10.1. The number of anilines is 1. The van der Waals surface area contributed by atoms with Crippen molar-refractivity contribution in [3.63, 3.8) is 0 Å². The number of hydrogen-bond acceptors (Lipinski definition) is 4. The van der Waals surface area contributed by atoms with Gasteiger partial charge in [-0.3, -0.25) is 4.79 Å². The van der Waals surface area contributed by atoms with Gasteiger partial charge in [-0.1, -0.05) is 11.6 Å². The van der Waals surface area contributed by atoms with E-state index in [1.807, 2.05) is 17.0 Å². The molecule has 0 amide bonds. The van der Waals surface area contributed by atoms with Crippen molar-refractivity contribution in [2.45, 2.75) is 19.3 Å². The van der Waals surface area contributed by atoms with Crippen LogP contribution in [-0.4, -0.2) is 30.3 Å². The first-order chi connectivity index (χ1) is 10.2. The minimum absolute atomic E-state index is 0.104. The molecule has 1 aromatic carbocycles. The Morgan fingerprint density at radius 1 is 1.10 bits per heavy atom. The zero-order valence-corrected chi connectivity index (χ0v) is 12.4. The van der Waals surface area contributed by atoms with Crippen LogP contribution in [0.1, 0.15) is 19.3 Å². The molecule has 1 saturated heterocycles. The van der Waals surface area contributed by atoms with Gasteiger partial charge in [-0.25, -0.2) is 0 Å². The van der Waals surface area contributed by atoms with Gasteiger partial charge in [-0.2, -0.15) is 5.26 Å². The molecular formula is C16H16ClN3O. The summed E-state index contributed by atoms with van der Waals surface area (Å²) in [5, 5.41) is 10.0. The molecule has 0 aromatic heterocycles. The first kappa shape index (κ1) is 14.0. The summed E-state index contributed by atoms with van der Waals surface area (Å²) in [4.78, 5) is 16.2. The molecule has 1 fully saturated rings. The van der Waals surface area contributed by atoms with Crippen molar-refractivity contribution in [1.29, 1.82) is 5.26 Å². The van der Waals surface area contributed by atoms with E-state index in [2.05, 4.69) is 11.0 Å². The highest BCUT2D eigenvalue weighted by atomic mass is 35.5. The van der Waals surface area contributed by atoms with Crippen LogP contribution in [0.4, 0.5) is 5.69 Å². The Hall–Kier alpha value is -1.99. The highest BCUT2D eigenvalue weighted by Gasteiger charge is 2.34. The normalized spacial score (nSPS) is 19.1. The smallest absolute Gasteiger partial charge is 0.196 e. The van der Waals surface area contributed by atoms with E-state index in [1.54, 1.807) is 12.1 Å². The van der Waals surface area contributed by atoms with Gasteiger partial charge in [0, 0.05) is 23.8 Å². The summed E-state index contributed by atoms with van der Waals surface area (Å²) in [6.45, 7) is 2.03. The molecule has 0 bridgehead atoms. The summed E-state index contributed by atoms with van der Waals surface area (Å²) in [5.41, 5.74) is 1.19. The van der Waals surface area contributed by atoms with Gasteiger partial charge in [0.25, 0.3) is 0 Å². The number of carbonyl (C=O) groups excluding carboxylic acids is 1. The number of ketones is 1. The van der Waals surface area contributed by atoms with Crippen LogP contribution in [0.2, 0.25) is 5.02 Å². The van der Waals surface area contributed by atoms with E-state index < -0.39 is 0 Å². The van der Waals surface area contributed by atoms with Crippen LogP contribution in [0.5, 0.6) is 0 Å². The van der Waals surface area contributed by atoms with Crippen molar-refractivity contribution in [2.24, 2.45) is 0 Å². The highest BCUT2D eigenvalue weighted by molar-refractivity contribution is 6.30. The van der Waals surface area contributed by atoms with Gasteiger partial charge >= 0.3 is 0 Å². The zero-order valence-electron chi connectivity index (χ0n) is 11.7. The highest BCUT2D eigenvalue weighted by Crippen LogP contribution is 2.31. The summed E-state index contributed by atoms with van der Waals surface area (Å²) in [7, 11) is 0. The third kappa shape index (κ3) is 2.62.